The van der Waals surface area contributed by atoms with Gasteiger partial charge in [0.05, 0.1) is 4.88 Å². The summed E-state index contributed by atoms with van der Waals surface area (Å²) in [4.78, 5) is 24.7. The van der Waals surface area contributed by atoms with Crippen LogP contribution in [0.1, 0.15) is 15.2 Å². The molecule has 1 heterocycles. The maximum Gasteiger partial charge on any atom is 0.265 e. The number of nitrogens with one attached hydrogen (secondary N) is 1. The van der Waals surface area contributed by atoms with Gasteiger partial charge in [0.2, 0.25) is 4.74 Å². The first-order chi connectivity index (χ1) is 10.1. The van der Waals surface area contributed by atoms with Crippen molar-refractivity contribution in [3.63, 3.8) is 0 Å². The van der Waals surface area contributed by atoms with E-state index in [2.05, 4.69) is 5.32 Å². The van der Waals surface area contributed by atoms with E-state index in [0.29, 0.717) is 10.3 Å². The van der Waals surface area contributed by atoms with Crippen molar-refractivity contribution in [1.82, 2.24) is 0 Å². The molecule has 0 bridgehead atoms. The average Bonchev–Trinajstić information content (AvgIpc) is 2.47. The molecule has 0 aliphatic rings. The number of hydrogen-bond donors (Lipinski definition) is 1. The molecule has 4 heteroatoms. The van der Waals surface area contributed by atoms with Gasteiger partial charge in [0.15, 0.2) is 0 Å². The van der Waals surface area contributed by atoms with Gasteiger partial charge in [-0.15, -0.1) is 0 Å². The second kappa shape index (κ2) is 5.50. The lowest BCUT2D eigenvalue weighted by Gasteiger charge is -2.06. The minimum atomic E-state index is -0.256. The molecule has 21 heavy (non-hydrogen) atoms. The molecular formula is C17H13NO2S. The Hall–Kier alpha value is -2.46. The summed E-state index contributed by atoms with van der Waals surface area (Å²) in [6.07, 6.45) is 0. The van der Waals surface area contributed by atoms with Crippen LogP contribution in [-0.4, -0.2) is 5.91 Å². The molecule has 2 aromatic carbocycles. The van der Waals surface area contributed by atoms with Crippen LogP contribution in [0, 0.1) is 6.92 Å². The van der Waals surface area contributed by atoms with Crippen molar-refractivity contribution in [2.45, 2.75) is 6.92 Å². The van der Waals surface area contributed by atoms with Gasteiger partial charge in [0.1, 0.15) is 0 Å². The molecule has 104 valence electrons. The Labute approximate surface area is 125 Å². The standard InChI is InChI=1S/C17H13NO2S/c1-11-5-4-7-13(9-11)18-16(19)15-10-12-6-2-3-8-14(12)17(20)21-15/h2-10H,1H3,(H,18,19). The van der Waals surface area contributed by atoms with Crippen LogP contribution < -0.4 is 10.1 Å². The largest absolute Gasteiger partial charge is 0.321 e. The highest BCUT2D eigenvalue weighted by Gasteiger charge is 2.10. The number of hydrogen-bond acceptors (Lipinski definition) is 3. The lowest BCUT2D eigenvalue weighted by molar-refractivity contribution is 0.103. The second-order valence-corrected chi connectivity index (χ2v) is 5.82. The molecule has 1 aromatic heterocycles. The lowest BCUT2D eigenvalue weighted by Crippen LogP contribution is -2.12. The van der Waals surface area contributed by atoms with Crippen molar-refractivity contribution in [3.8, 4) is 0 Å². The van der Waals surface area contributed by atoms with E-state index >= 15 is 0 Å². The van der Waals surface area contributed by atoms with Crippen molar-refractivity contribution in [2.75, 3.05) is 5.32 Å². The normalized spacial score (nSPS) is 10.5. The first kappa shape index (κ1) is 13.5. The smallest absolute Gasteiger partial charge is 0.265 e. The first-order valence-electron chi connectivity index (χ1n) is 6.54. The summed E-state index contributed by atoms with van der Waals surface area (Å²) in [5, 5.41) is 4.26. The van der Waals surface area contributed by atoms with Crippen molar-refractivity contribution < 1.29 is 4.79 Å². The molecule has 1 amide bonds. The summed E-state index contributed by atoms with van der Waals surface area (Å²) in [6, 6.07) is 16.6. The number of fused-ring (bicyclic) bond motifs is 1. The van der Waals surface area contributed by atoms with Crippen molar-refractivity contribution >= 4 is 33.7 Å². The first-order valence-corrected chi connectivity index (χ1v) is 7.36. The number of aryl methyl sites for hydroxylation is 1. The van der Waals surface area contributed by atoms with Gasteiger partial charge in [0.25, 0.3) is 5.91 Å². The number of carbonyl (C=O) groups is 1. The molecule has 3 aromatic rings. The molecule has 0 saturated heterocycles. The summed E-state index contributed by atoms with van der Waals surface area (Å²) in [6.45, 7) is 1.96. The predicted molar refractivity (Wildman–Crippen MR) is 87.2 cm³/mol. The van der Waals surface area contributed by atoms with E-state index in [9.17, 15) is 9.59 Å². The van der Waals surface area contributed by atoms with Crippen LogP contribution in [-0.2, 0) is 0 Å². The number of amides is 1. The molecule has 1 N–H and O–H groups in total. The van der Waals surface area contributed by atoms with Gasteiger partial charge in [0, 0.05) is 11.1 Å². The van der Waals surface area contributed by atoms with Gasteiger partial charge in [-0.1, -0.05) is 41.7 Å². The molecule has 0 aliphatic heterocycles. The molecule has 0 spiro atoms. The Morgan fingerprint density at radius 3 is 2.67 bits per heavy atom. The Morgan fingerprint density at radius 2 is 1.86 bits per heavy atom. The minimum absolute atomic E-state index is 0.0949. The molecule has 0 radical (unpaired) electrons. The second-order valence-electron chi connectivity index (χ2n) is 4.81. The van der Waals surface area contributed by atoms with E-state index in [1.165, 1.54) is 0 Å². The Morgan fingerprint density at radius 1 is 1.05 bits per heavy atom. The topological polar surface area (TPSA) is 46.2 Å². The van der Waals surface area contributed by atoms with Crippen LogP contribution >= 0.6 is 11.3 Å². The highest BCUT2D eigenvalue weighted by atomic mass is 32.1. The molecule has 0 unspecified atom stereocenters. The number of anilines is 1. The lowest BCUT2D eigenvalue weighted by atomic mass is 10.2. The Bertz CT molecular complexity index is 883. The number of carbonyl (C=O) groups excluding carboxylic acids is 1. The summed E-state index contributed by atoms with van der Waals surface area (Å²) >= 11 is 0.971. The van der Waals surface area contributed by atoms with Crippen LogP contribution in [0.4, 0.5) is 5.69 Å². The zero-order valence-corrected chi connectivity index (χ0v) is 12.2. The Kier molecular flexibility index (Phi) is 3.54. The fourth-order valence-corrected chi connectivity index (χ4v) is 2.99. The van der Waals surface area contributed by atoms with E-state index in [0.717, 1.165) is 28.0 Å². The number of rotatable bonds is 2. The molecule has 3 nitrogen and oxygen atoms in total. The van der Waals surface area contributed by atoms with E-state index < -0.39 is 0 Å². The van der Waals surface area contributed by atoms with E-state index in [1.807, 2.05) is 49.4 Å². The summed E-state index contributed by atoms with van der Waals surface area (Å²) in [5.74, 6) is -0.256. The Balaban J connectivity index is 1.96. The summed E-state index contributed by atoms with van der Waals surface area (Å²) < 4.78 is -0.0949. The highest BCUT2D eigenvalue weighted by Crippen LogP contribution is 2.17. The van der Waals surface area contributed by atoms with Crippen LogP contribution in [0.15, 0.2) is 59.4 Å². The van der Waals surface area contributed by atoms with Gasteiger partial charge in [-0.25, -0.2) is 0 Å². The molecule has 0 fully saturated rings. The van der Waals surface area contributed by atoms with Crippen molar-refractivity contribution in [3.05, 3.63) is 74.6 Å². The molecule has 0 atom stereocenters. The van der Waals surface area contributed by atoms with Gasteiger partial charge in [-0.2, -0.15) is 0 Å². The zero-order chi connectivity index (χ0) is 14.8. The molecule has 0 aliphatic carbocycles. The molecule has 3 rings (SSSR count). The monoisotopic (exact) mass is 295 g/mol. The maximum atomic E-state index is 12.3. The van der Waals surface area contributed by atoms with Gasteiger partial charge in [-0.3, -0.25) is 9.59 Å². The average molecular weight is 295 g/mol. The third-order valence-electron chi connectivity index (χ3n) is 3.17. The molecular weight excluding hydrogens is 282 g/mol. The van der Waals surface area contributed by atoms with Crippen LogP contribution in [0.3, 0.4) is 0 Å². The summed E-state index contributed by atoms with van der Waals surface area (Å²) in [7, 11) is 0. The van der Waals surface area contributed by atoms with Crippen molar-refractivity contribution in [1.29, 1.82) is 0 Å². The van der Waals surface area contributed by atoms with E-state index in [1.54, 1.807) is 12.1 Å². The third-order valence-corrected chi connectivity index (χ3v) is 4.10. The highest BCUT2D eigenvalue weighted by molar-refractivity contribution is 7.12. The summed E-state index contributed by atoms with van der Waals surface area (Å²) in [5.41, 5.74) is 1.80. The quantitative estimate of drug-likeness (QED) is 0.781. The van der Waals surface area contributed by atoms with Gasteiger partial charge < -0.3 is 5.32 Å². The fourth-order valence-electron chi connectivity index (χ4n) is 2.16. The molecule has 0 saturated carbocycles. The third kappa shape index (κ3) is 2.85. The predicted octanol–water partition coefficient (Wildman–Crippen LogP) is 3.82. The minimum Gasteiger partial charge on any atom is -0.321 e. The van der Waals surface area contributed by atoms with E-state index in [-0.39, 0.29) is 10.6 Å². The van der Waals surface area contributed by atoms with Gasteiger partial charge in [-0.05, 0) is 42.1 Å². The zero-order valence-electron chi connectivity index (χ0n) is 11.4. The SMILES string of the molecule is Cc1cccc(NC(=O)c2cc3ccccc3c(=O)s2)c1. The number of benzene rings is 2. The van der Waals surface area contributed by atoms with Crippen LogP contribution in [0.2, 0.25) is 0 Å². The van der Waals surface area contributed by atoms with Gasteiger partial charge >= 0.3 is 0 Å². The maximum absolute atomic E-state index is 12.3. The fraction of sp³-hybridized carbons (Fsp3) is 0.0588. The van der Waals surface area contributed by atoms with Crippen LogP contribution in [0.25, 0.3) is 10.8 Å². The van der Waals surface area contributed by atoms with E-state index in [4.69, 9.17) is 0 Å². The van der Waals surface area contributed by atoms with Crippen LogP contribution in [0.5, 0.6) is 0 Å². The van der Waals surface area contributed by atoms with Crippen molar-refractivity contribution in [2.24, 2.45) is 0 Å².